The largest absolute Gasteiger partial charge is 0.298 e. The zero-order valence-corrected chi connectivity index (χ0v) is 15.3. The average Bonchev–Trinajstić information content (AvgIpc) is 2.95. The smallest absolute Gasteiger partial charge is 0.258 e. The van der Waals surface area contributed by atoms with Crippen LogP contribution in [-0.2, 0) is 9.84 Å². The highest BCUT2D eigenvalue weighted by atomic mass is 32.2. The molecule has 0 aliphatic heterocycles. The highest BCUT2D eigenvalue weighted by Gasteiger charge is 2.19. The fourth-order valence-corrected chi connectivity index (χ4v) is 4.30. The predicted octanol–water partition coefficient (Wildman–Crippen LogP) is 3.77. The molecule has 0 saturated carbocycles. The summed E-state index contributed by atoms with van der Waals surface area (Å²) in [5.41, 5.74) is 1.94. The van der Waals surface area contributed by atoms with Crippen LogP contribution in [0, 0.1) is 6.92 Å². The highest BCUT2D eigenvalue weighted by molar-refractivity contribution is 7.90. The van der Waals surface area contributed by atoms with Crippen LogP contribution in [0.25, 0.3) is 10.4 Å². The molecule has 2 aromatic carbocycles. The van der Waals surface area contributed by atoms with Crippen molar-refractivity contribution >= 4 is 32.2 Å². The van der Waals surface area contributed by atoms with Gasteiger partial charge in [0.2, 0.25) is 0 Å². The second-order valence-corrected chi connectivity index (χ2v) is 8.51. The molecular weight excluding hydrogens is 356 g/mol. The standard InChI is InChI=1S/C18H16N2O3S2/c1-12-16(13-8-4-3-5-9-13)24-18(19-12)20-17(21)14-10-6-7-11-15(14)25(2,22)23/h3-11H,1-2H3,(H,19,20,21). The molecule has 3 aromatic rings. The first kappa shape index (κ1) is 17.3. The molecule has 0 radical (unpaired) electrons. The molecule has 25 heavy (non-hydrogen) atoms. The van der Waals surface area contributed by atoms with Crippen LogP contribution in [0.5, 0.6) is 0 Å². The van der Waals surface area contributed by atoms with Crippen molar-refractivity contribution in [2.24, 2.45) is 0 Å². The Labute approximate surface area is 150 Å². The first-order valence-corrected chi connectivity index (χ1v) is 10.2. The number of benzene rings is 2. The van der Waals surface area contributed by atoms with Gasteiger partial charge in [0.05, 0.1) is 21.0 Å². The van der Waals surface area contributed by atoms with E-state index >= 15 is 0 Å². The van der Waals surface area contributed by atoms with Crippen LogP contribution in [0.3, 0.4) is 0 Å². The summed E-state index contributed by atoms with van der Waals surface area (Å²) >= 11 is 1.36. The third-order valence-corrected chi connectivity index (χ3v) is 5.86. The highest BCUT2D eigenvalue weighted by Crippen LogP contribution is 2.32. The molecule has 0 fully saturated rings. The summed E-state index contributed by atoms with van der Waals surface area (Å²) in [6.45, 7) is 1.87. The Morgan fingerprint density at radius 2 is 1.68 bits per heavy atom. The van der Waals surface area contributed by atoms with Gasteiger partial charge in [-0.25, -0.2) is 13.4 Å². The van der Waals surface area contributed by atoms with Crippen molar-refractivity contribution in [1.82, 2.24) is 4.98 Å². The average molecular weight is 372 g/mol. The number of amides is 1. The topological polar surface area (TPSA) is 76.1 Å². The Bertz CT molecular complexity index is 1030. The van der Waals surface area contributed by atoms with Gasteiger partial charge in [-0.2, -0.15) is 0 Å². The van der Waals surface area contributed by atoms with Crippen molar-refractivity contribution in [3.63, 3.8) is 0 Å². The minimum Gasteiger partial charge on any atom is -0.298 e. The van der Waals surface area contributed by atoms with Crippen LogP contribution in [0.15, 0.2) is 59.5 Å². The lowest BCUT2D eigenvalue weighted by Gasteiger charge is -2.06. The number of nitrogens with zero attached hydrogens (tertiary/aromatic N) is 1. The van der Waals surface area contributed by atoms with Crippen LogP contribution >= 0.6 is 11.3 Å². The van der Waals surface area contributed by atoms with Crippen molar-refractivity contribution in [3.8, 4) is 10.4 Å². The summed E-state index contributed by atoms with van der Waals surface area (Å²) in [6, 6.07) is 15.9. The summed E-state index contributed by atoms with van der Waals surface area (Å²) in [4.78, 5) is 17.9. The summed E-state index contributed by atoms with van der Waals surface area (Å²) in [5, 5.41) is 3.14. The van der Waals surface area contributed by atoms with E-state index in [1.165, 1.54) is 23.5 Å². The molecular formula is C18H16N2O3S2. The van der Waals surface area contributed by atoms with Gasteiger partial charge in [0.1, 0.15) is 0 Å². The number of hydrogen-bond donors (Lipinski definition) is 1. The molecule has 5 nitrogen and oxygen atoms in total. The number of thiazole rings is 1. The molecule has 7 heteroatoms. The summed E-state index contributed by atoms with van der Waals surface area (Å²) in [6.07, 6.45) is 1.08. The number of aryl methyl sites for hydroxylation is 1. The van der Waals surface area contributed by atoms with E-state index < -0.39 is 15.7 Å². The SMILES string of the molecule is Cc1nc(NC(=O)c2ccccc2S(C)(=O)=O)sc1-c1ccccc1. The molecule has 3 rings (SSSR count). The van der Waals surface area contributed by atoms with E-state index in [0.717, 1.165) is 22.4 Å². The monoisotopic (exact) mass is 372 g/mol. The second kappa shape index (κ2) is 6.78. The van der Waals surface area contributed by atoms with Crippen molar-refractivity contribution in [1.29, 1.82) is 0 Å². The van der Waals surface area contributed by atoms with Crippen LogP contribution in [0.4, 0.5) is 5.13 Å². The van der Waals surface area contributed by atoms with E-state index in [2.05, 4.69) is 10.3 Å². The number of carbonyl (C=O) groups is 1. The van der Waals surface area contributed by atoms with Gasteiger partial charge < -0.3 is 0 Å². The van der Waals surface area contributed by atoms with Crippen molar-refractivity contribution in [3.05, 3.63) is 65.9 Å². The summed E-state index contributed by atoms with van der Waals surface area (Å²) < 4.78 is 23.7. The minimum atomic E-state index is -3.49. The van der Waals surface area contributed by atoms with E-state index in [4.69, 9.17) is 0 Å². The Morgan fingerprint density at radius 3 is 2.36 bits per heavy atom. The molecule has 0 unspecified atom stereocenters. The first-order chi connectivity index (χ1) is 11.9. The van der Waals surface area contributed by atoms with Gasteiger partial charge >= 0.3 is 0 Å². The van der Waals surface area contributed by atoms with Crippen molar-refractivity contribution < 1.29 is 13.2 Å². The van der Waals surface area contributed by atoms with E-state index in [-0.39, 0.29) is 10.5 Å². The third kappa shape index (κ3) is 3.78. The van der Waals surface area contributed by atoms with Gasteiger partial charge in [-0.3, -0.25) is 10.1 Å². The number of anilines is 1. The molecule has 1 aromatic heterocycles. The van der Waals surface area contributed by atoms with Gasteiger partial charge in [0, 0.05) is 6.26 Å². The van der Waals surface area contributed by atoms with Gasteiger partial charge in [0.15, 0.2) is 15.0 Å². The first-order valence-electron chi connectivity index (χ1n) is 7.49. The molecule has 0 aliphatic carbocycles. The van der Waals surface area contributed by atoms with Crippen LogP contribution in [0.2, 0.25) is 0 Å². The molecule has 0 atom stereocenters. The molecule has 1 amide bonds. The van der Waals surface area contributed by atoms with Gasteiger partial charge in [-0.1, -0.05) is 53.8 Å². The Balaban J connectivity index is 1.91. The van der Waals surface area contributed by atoms with Crippen molar-refractivity contribution in [2.45, 2.75) is 11.8 Å². The molecule has 0 saturated heterocycles. The quantitative estimate of drug-likeness (QED) is 0.756. The zero-order valence-electron chi connectivity index (χ0n) is 13.7. The third-order valence-electron chi connectivity index (χ3n) is 3.58. The predicted molar refractivity (Wildman–Crippen MR) is 99.8 cm³/mol. The Kier molecular flexibility index (Phi) is 4.69. The molecule has 0 spiro atoms. The number of sulfone groups is 1. The normalized spacial score (nSPS) is 11.3. The number of hydrogen-bond acceptors (Lipinski definition) is 5. The minimum absolute atomic E-state index is 0.00376. The van der Waals surface area contributed by atoms with Crippen LogP contribution in [-0.4, -0.2) is 25.6 Å². The fourth-order valence-electron chi connectivity index (χ4n) is 2.45. The van der Waals surface area contributed by atoms with Crippen molar-refractivity contribution in [2.75, 3.05) is 11.6 Å². The van der Waals surface area contributed by atoms with E-state index in [1.807, 2.05) is 37.3 Å². The lowest BCUT2D eigenvalue weighted by molar-refractivity contribution is 0.102. The maximum Gasteiger partial charge on any atom is 0.258 e. The van der Waals surface area contributed by atoms with E-state index in [1.54, 1.807) is 12.1 Å². The summed E-state index contributed by atoms with van der Waals surface area (Å²) in [7, 11) is -3.49. The molecule has 1 N–H and O–H groups in total. The van der Waals surface area contributed by atoms with Crippen LogP contribution in [0.1, 0.15) is 16.1 Å². The Morgan fingerprint density at radius 1 is 1.04 bits per heavy atom. The summed E-state index contributed by atoms with van der Waals surface area (Å²) in [5.74, 6) is -0.491. The van der Waals surface area contributed by atoms with Gasteiger partial charge in [-0.15, -0.1) is 0 Å². The molecule has 0 aliphatic rings. The zero-order chi connectivity index (χ0) is 18.0. The lowest BCUT2D eigenvalue weighted by Crippen LogP contribution is -2.15. The van der Waals surface area contributed by atoms with E-state index in [9.17, 15) is 13.2 Å². The van der Waals surface area contributed by atoms with Gasteiger partial charge in [0.25, 0.3) is 5.91 Å². The maximum absolute atomic E-state index is 12.5. The Hall–Kier alpha value is -2.51. The number of nitrogens with one attached hydrogen (secondary N) is 1. The number of rotatable bonds is 4. The number of aromatic nitrogens is 1. The molecule has 1 heterocycles. The fraction of sp³-hybridized carbons (Fsp3) is 0.111. The van der Waals surface area contributed by atoms with E-state index in [0.29, 0.717) is 5.13 Å². The maximum atomic E-state index is 12.5. The lowest BCUT2D eigenvalue weighted by atomic mass is 10.2. The van der Waals surface area contributed by atoms with Crippen LogP contribution < -0.4 is 5.32 Å². The number of carbonyl (C=O) groups excluding carboxylic acids is 1. The molecule has 128 valence electrons. The molecule has 0 bridgehead atoms. The second-order valence-electron chi connectivity index (χ2n) is 5.52. The van der Waals surface area contributed by atoms with Gasteiger partial charge in [-0.05, 0) is 24.6 Å².